The molecule has 0 amide bonds. The lowest BCUT2D eigenvalue weighted by Gasteiger charge is -2.38. The van der Waals surface area contributed by atoms with Crippen LogP contribution in [0.2, 0.25) is 0 Å². The fourth-order valence-electron chi connectivity index (χ4n) is 2.72. The van der Waals surface area contributed by atoms with Gasteiger partial charge in [0.25, 0.3) is 0 Å². The summed E-state index contributed by atoms with van der Waals surface area (Å²) in [7, 11) is 0. The third-order valence-electron chi connectivity index (χ3n) is 3.62. The topological polar surface area (TPSA) is 49.5 Å². The van der Waals surface area contributed by atoms with E-state index in [1.807, 2.05) is 0 Å². The van der Waals surface area contributed by atoms with Gasteiger partial charge in [-0.05, 0) is 43.9 Å². The Hall–Kier alpha value is -1.20. The van der Waals surface area contributed by atoms with Gasteiger partial charge in [0.2, 0.25) is 0 Å². The molecule has 1 aliphatic heterocycles. The van der Waals surface area contributed by atoms with Crippen molar-refractivity contribution in [1.29, 1.82) is 0 Å². The molecule has 0 saturated carbocycles. The predicted octanol–water partition coefficient (Wildman–Crippen LogP) is 2.20. The highest BCUT2D eigenvalue weighted by atomic mass is 32.1. The maximum absolute atomic E-state index is 13.3. The lowest BCUT2D eigenvalue weighted by Crippen LogP contribution is -2.41. The average molecular weight is 282 g/mol. The van der Waals surface area contributed by atoms with Crippen molar-refractivity contribution < 1.29 is 9.50 Å². The summed E-state index contributed by atoms with van der Waals surface area (Å²) in [5.41, 5.74) is 7.16. The SMILES string of the molecule is NC(=S)c1cc(F)ccc1N1CCCCC1CCO. The maximum Gasteiger partial charge on any atom is 0.124 e. The average Bonchev–Trinajstić information content (AvgIpc) is 2.40. The van der Waals surface area contributed by atoms with Gasteiger partial charge < -0.3 is 15.7 Å². The van der Waals surface area contributed by atoms with Gasteiger partial charge in [-0.15, -0.1) is 0 Å². The molecule has 1 aliphatic rings. The van der Waals surface area contributed by atoms with Crippen molar-refractivity contribution >= 4 is 22.9 Å². The zero-order valence-corrected chi connectivity index (χ0v) is 11.6. The van der Waals surface area contributed by atoms with E-state index in [9.17, 15) is 4.39 Å². The first kappa shape index (κ1) is 14.2. The summed E-state index contributed by atoms with van der Waals surface area (Å²) in [6.07, 6.45) is 4.00. The van der Waals surface area contributed by atoms with Crippen molar-refractivity contribution in [1.82, 2.24) is 0 Å². The molecule has 19 heavy (non-hydrogen) atoms. The van der Waals surface area contributed by atoms with Crippen molar-refractivity contribution in [2.45, 2.75) is 31.7 Å². The molecule has 5 heteroatoms. The molecule has 1 heterocycles. The summed E-state index contributed by atoms with van der Waals surface area (Å²) in [5, 5.41) is 9.17. The highest BCUT2D eigenvalue weighted by Crippen LogP contribution is 2.29. The third-order valence-corrected chi connectivity index (χ3v) is 3.84. The minimum Gasteiger partial charge on any atom is -0.396 e. The number of rotatable bonds is 4. The van der Waals surface area contributed by atoms with Crippen LogP contribution in [0.5, 0.6) is 0 Å². The summed E-state index contributed by atoms with van der Waals surface area (Å²) in [4.78, 5) is 2.41. The standard InChI is InChI=1S/C14H19FN2OS/c15-10-4-5-13(12(9-10)14(16)19)17-7-2-1-3-11(17)6-8-18/h4-5,9,11,18H,1-3,6-8H2,(H2,16,19). The number of aliphatic hydroxyl groups is 1. The van der Waals surface area contributed by atoms with Crippen molar-refractivity contribution in [3.63, 3.8) is 0 Å². The Kier molecular flexibility index (Phi) is 4.71. The van der Waals surface area contributed by atoms with E-state index in [-0.39, 0.29) is 23.5 Å². The summed E-state index contributed by atoms with van der Waals surface area (Å²) < 4.78 is 13.3. The zero-order valence-electron chi connectivity index (χ0n) is 10.8. The first-order valence-electron chi connectivity index (χ1n) is 6.60. The normalized spacial score (nSPS) is 19.5. The van der Waals surface area contributed by atoms with Gasteiger partial charge in [-0.1, -0.05) is 12.2 Å². The van der Waals surface area contributed by atoms with E-state index in [0.29, 0.717) is 12.0 Å². The van der Waals surface area contributed by atoms with Gasteiger partial charge >= 0.3 is 0 Å². The Morgan fingerprint density at radius 2 is 2.26 bits per heavy atom. The number of nitrogens with zero attached hydrogens (tertiary/aromatic N) is 1. The Labute approximate surface area is 118 Å². The largest absolute Gasteiger partial charge is 0.396 e. The molecule has 1 atom stereocenters. The molecular formula is C14H19FN2OS. The van der Waals surface area contributed by atoms with E-state index >= 15 is 0 Å². The first-order chi connectivity index (χ1) is 9.13. The predicted molar refractivity (Wildman–Crippen MR) is 79.0 cm³/mol. The van der Waals surface area contributed by atoms with Crippen LogP contribution in [0.1, 0.15) is 31.2 Å². The van der Waals surface area contributed by atoms with Gasteiger partial charge in [0.05, 0.1) is 0 Å². The Morgan fingerprint density at radius 1 is 1.47 bits per heavy atom. The number of nitrogens with two attached hydrogens (primary N) is 1. The van der Waals surface area contributed by atoms with Crippen LogP contribution < -0.4 is 10.6 Å². The monoisotopic (exact) mass is 282 g/mol. The van der Waals surface area contributed by atoms with E-state index in [1.54, 1.807) is 6.07 Å². The fraction of sp³-hybridized carbons (Fsp3) is 0.500. The third kappa shape index (κ3) is 3.22. The quantitative estimate of drug-likeness (QED) is 0.831. The minimum absolute atomic E-state index is 0.158. The van der Waals surface area contributed by atoms with Crippen LogP contribution in [0.3, 0.4) is 0 Å². The number of anilines is 1. The molecule has 0 aromatic heterocycles. The molecule has 3 N–H and O–H groups in total. The molecular weight excluding hydrogens is 263 g/mol. The summed E-state index contributed by atoms with van der Waals surface area (Å²) >= 11 is 5.02. The number of hydrogen-bond acceptors (Lipinski definition) is 3. The van der Waals surface area contributed by atoms with Gasteiger partial charge in [-0.25, -0.2) is 4.39 Å². The van der Waals surface area contributed by atoms with Gasteiger partial charge in [-0.3, -0.25) is 0 Å². The number of aliphatic hydroxyl groups excluding tert-OH is 1. The van der Waals surface area contributed by atoms with Crippen LogP contribution in [0.4, 0.5) is 10.1 Å². The number of halogens is 1. The molecule has 1 saturated heterocycles. The second-order valence-electron chi connectivity index (χ2n) is 4.88. The smallest absolute Gasteiger partial charge is 0.124 e. The first-order valence-corrected chi connectivity index (χ1v) is 7.01. The number of piperidine rings is 1. The fourth-order valence-corrected chi connectivity index (χ4v) is 2.89. The lowest BCUT2D eigenvalue weighted by atomic mass is 9.97. The van der Waals surface area contributed by atoms with Crippen molar-refractivity contribution in [2.24, 2.45) is 5.73 Å². The van der Waals surface area contributed by atoms with Crippen LogP contribution in [0, 0.1) is 5.82 Å². The highest BCUT2D eigenvalue weighted by molar-refractivity contribution is 7.80. The Balaban J connectivity index is 2.35. The second kappa shape index (κ2) is 6.30. The lowest BCUT2D eigenvalue weighted by molar-refractivity contribution is 0.262. The second-order valence-corrected chi connectivity index (χ2v) is 5.32. The molecule has 1 aromatic carbocycles. The summed E-state index contributed by atoms with van der Waals surface area (Å²) in [6.45, 7) is 1.05. The van der Waals surface area contributed by atoms with Crippen molar-refractivity contribution in [3.05, 3.63) is 29.6 Å². The number of benzene rings is 1. The molecule has 1 unspecified atom stereocenters. The van der Waals surface area contributed by atoms with Crippen molar-refractivity contribution in [3.8, 4) is 0 Å². The summed E-state index contributed by atoms with van der Waals surface area (Å²) in [5.74, 6) is -0.331. The van der Waals surface area contributed by atoms with E-state index in [0.717, 1.165) is 31.5 Å². The van der Waals surface area contributed by atoms with Gasteiger partial charge in [0, 0.05) is 30.4 Å². The highest BCUT2D eigenvalue weighted by Gasteiger charge is 2.24. The molecule has 0 aliphatic carbocycles. The van der Waals surface area contributed by atoms with E-state index < -0.39 is 0 Å². The Bertz CT molecular complexity index is 465. The van der Waals surface area contributed by atoms with Gasteiger partial charge in [0.1, 0.15) is 10.8 Å². The maximum atomic E-state index is 13.3. The van der Waals surface area contributed by atoms with Crippen LogP contribution in [0.15, 0.2) is 18.2 Å². The number of thiocarbonyl (C=S) groups is 1. The van der Waals surface area contributed by atoms with Crippen molar-refractivity contribution in [2.75, 3.05) is 18.1 Å². The molecule has 3 nitrogen and oxygen atoms in total. The Morgan fingerprint density at radius 3 is 2.95 bits per heavy atom. The minimum atomic E-state index is -0.331. The molecule has 2 rings (SSSR count). The van der Waals surface area contributed by atoms with Gasteiger partial charge in [-0.2, -0.15) is 0 Å². The number of hydrogen-bond donors (Lipinski definition) is 2. The van der Waals surface area contributed by atoms with E-state index in [2.05, 4.69) is 4.90 Å². The van der Waals surface area contributed by atoms with Gasteiger partial charge in [0.15, 0.2) is 0 Å². The van der Waals surface area contributed by atoms with Crippen LogP contribution in [0.25, 0.3) is 0 Å². The molecule has 1 fully saturated rings. The molecule has 104 valence electrons. The van der Waals surface area contributed by atoms with Crippen LogP contribution in [-0.2, 0) is 0 Å². The molecule has 0 radical (unpaired) electrons. The van der Waals surface area contributed by atoms with Crippen LogP contribution in [-0.4, -0.2) is 29.3 Å². The molecule has 1 aromatic rings. The zero-order chi connectivity index (χ0) is 13.8. The van der Waals surface area contributed by atoms with E-state index in [1.165, 1.54) is 12.1 Å². The van der Waals surface area contributed by atoms with E-state index in [4.69, 9.17) is 23.1 Å². The van der Waals surface area contributed by atoms with Crippen LogP contribution >= 0.6 is 12.2 Å². The molecule has 0 bridgehead atoms. The summed E-state index contributed by atoms with van der Waals surface area (Å²) in [6, 6.07) is 4.83. The molecule has 0 spiro atoms.